The molecule has 2 N–H and O–H groups in total. The van der Waals surface area contributed by atoms with Crippen molar-refractivity contribution in [2.45, 2.75) is 13.8 Å². The third-order valence-corrected chi connectivity index (χ3v) is 3.24. The summed E-state index contributed by atoms with van der Waals surface area (Å²) in [5, 5.41) is 4.65. The summed E-state index contributed by atoms with van der Waals surface area (Å²) in [5.41, 5.74) is 1.13. The van der Waals surface area contributed by atoms with Crippen LogP contribution in [0.4, 0.5) is 4.79 Å². The second kappa shape index (κ2) is 8.68. The Balaban J connectivity index is 1.85. The van der Waals surface area contributed by atoms with E-state index in [1.807, 2.05) is 49.0 Å². The second-order valence-electron chi connectivity index (χ2n) is 5.87. The first-order chi connectivity index (χ1) is 12.0. The highest BCUT2D eigenvalue weighted by atomic mass is 16.5. The zero-order valence-corrected chi connectivity index (χ0v) is 14.2. The molecule has 0 aliphatic heterocycles. The molecule has 2 rings (SSSR count). The van der Waals surface area contributed by atoms with Crippen molar-refractivity contribution in [2.75, 3.05) is 13.2 Å². The fraction of sp³-hybridized carbons (Fsp3) is 0.278. The van der Waals surface area contributed by atoms with Crippen molar-refractivity contribution in [1.29, 1.82) is 0 Å². The van der Waals surface area contributed by atoms with E-state index in [1.54, 1.807) is 18.2 Å². The second-order valence-corrected chi connectivity index (χ2v) is 5.87. The fourth-order valence-corrected chi connectivity index (χ4v) is 2.02. The largest absolute Gasteiger partial charge is 0.452 e. The molecular formula is C18H21N3O4. The molecule has 2 aromatic rings. The minimum absolute atomic E-state index is 0.270. The average Bonchev–Trinajstić information content (AvgIpc) is 3.12. The van der Waals surface area contributed by atoms with Gasteiger partial charge in [0.15, 0.2) is 6.61 Å². The first-order valence-electron chi connectivity index (χ1n) is 7.94. The summed E-state index contributed by atoms with van der Waals surface area (Å²) in [4.78, 5) is 35.2. The van der Waals surface area contributed by atoms with Crippen molar-refractivity contribution in [2.24, 2.45) is 5.92 Å². The van der Waals surface area contributed by atoms with Gasteiger partial charge in [0.05, 0.1) is 5.56 Å². The first kappa shape index (κ1) is 18.3. The van der Waals surface area contributed by atoms with Crippen molar-refractivity contribution >= 4 is 17.9 Å². The smallest absolute Gasteiger partial charge is 0.338 e. The number of hydrogen-bond donors (Lipinski definition) is 2. The molecule has 0 atom stereocenters. The standard InChI is InChI=1S/C18H21N3O4/c1-13(2)11-19-18(24)20-16(22)12-25-17(23)14-6-5-7-15(10-14)21-8-3-4-9-21/h3-10,13H,11-12H2,1-2H3,(H2,19,20,22,24). The van der Waals surface area contributed by atoms with Gasteiger partial charge >= 0.3 is 12.0 Å². The number of hydrogen-bond acceptors (Lipinski definition) is 4. The normalized spacial score (nSPS) is 10.4. The van der Waals surface area contributed by atoms with E-state index in [4.69, 9.17) is 4.74 Å². The van der Waals surface area contributed by atoms with Gasteiger partial charge in [0, 0.05) is 24.6 Å². The van der Waals surface area contributed by atoms with Gasteiger partial charge in [-0.05, 0) is 36.2 Å². The summed E-state index contributed by atoms with van der Waals surface area (Å²) < 4.78 is 6.80. The number of carbonyl (C=O) groups excluding carboxylic acids is 3. The number of carbonyl (C=O) groups is 3. The zero-order valence-electron chi connectivity index (χ0n) is 14.2. The average molecular weight is 343 g/mol. The molecule has 0 saturated carbocycles. The maximum Gasteiger partial charge on any atom is 0.338 e. The lowest BCUT2D eigenvalue weighted by Gasteiger charge is -2.09. The van der Waals surface area contributed by atoms with Gasteiger partial charge in [-0.1, -0.05) is 19.9 Å². The summed E-state index contributed by atoms with van der Waals surface area (Å²) in [5.74, 6) is -1.05. The Morgan fingerprint density at radius 1 is 1.12 bits per heavy atom. The lowest BCUT2D eigenvalue weighted by atomic mass is 10.2. The Hall–Kier alpha value is -3.09. The summed E-state index contributed by atoms with van der Waals surface area (Å²) in [6.45, 7) is 3.80. The van der Waals surface area contributed by atoms with E-state index in [9.17, 15) is 14.4 Å². The van der Waals surface area contributed by atoms with Crippen molar-refractivity contribution < 1.29 is 19.1 Å². The Bertz CT molecular complexity index is 739. The van der Waals surface area contributed by atoms with Gasteiger partial charge in [0.25, 0.3) is 5.91 Å². The van der Waals surface area contributed by atoms with Crippen LogP contribution in [-0.2, 0) is 9.53 Å². The van der Waals surface area contributed by atoms with E-state index in [0.717, 1.165) is 5.69 Å². The SMILES string of the molecule is CC(C)CNC(=O)NC(=O)COC(=O)c1cccc(-n2cccc2)c1. The van der Waals surface area contributed by atoms with Crippen LogP contribution in [0.5, 0.6) is 0 Å². The Morgan fingerprint density at radius 2 is 1.84 bits per heavy atom. The molecule has 7 heteroatoms. The van der Waals surface area contributed by atoms with Crippen LogP contribution in [0.1, 0.15) is 24.2 Å². The number of nitrogens with one attached hydrogen (secondary N) is 2. The van der Waals surface area contributed by atoms with Gasteiger partial charge in [0.1, 0.15) is 0 Å². The minimum Gasteiger partial charge on any atom is -0.452 e. The third-order valence-electron chi connectivity index (χ3n) is 3.24. The molecule has 3 amide bonds. The van der Waals surface area contributed by atoms with Crippen LogP contribution in [0.15, 0.2) is 48.8 Å². The topological polar surface area (TPSA) is 89.4 Å². The summed E-state index contributed by atoms with van der Waals surface area (Å²) >= 11 is 0. The molecule has 0 radical (unpaired) electrons. The molecule has 132 valence electrons. The summed E-state index contributed by atoms with van der Waals surface area (Å²) in [6, 6.07) is 9.98. The Morgan fingerprint density at radius 3 is 2.52 bits per heavy atom. The molecular weight excluding hydrogens is 322 g/mol. The number of amides is 3. The highest BCUT2D eigenvalue weighted by molar-refractivity contribution is 5.97. The number of benzene rings is 1. The number of imide groups is 1. The minimum atomic E-state index is -0.684. The van der Waals surface area contributed by atoms with Crippen LogP contribution in [0, 0.1) is 5.92 Å². The number of urea groups is 1. The number of aromatic nitrogens is 1. The first-order valence-corrected chi connectivity index (χ1v) is 7.94. The van der Waals surface area contributed by atoms with Crippen LogP contribution in [-0.4, -0.2) is 35.6 Å². The van der Waals surface area contributed by atoms with Crippen molar-refractivity contribution in [1.82, 2.24) is 15.2 Å². The Labute approximate surface area is 146 Å². The van der Waals surface area contributed by atoms with E-state index in [1.165, 1.54) is 0 Å². The predicted molar refractivity (Wildman–Crippen MR) is 92.4 cm³/mol. The van der Waals surface area contributed by atoms with Crippen LogP contribution < -0.4 is 10.6 Å². The van der Waals surface area contributed by atoms with Gasteiger partial charge in [-0.3, -0.25) is 10.1 Å². The highest BCUT2D eigenvalue weighted by Crippen LogP contribution is 2.11. The van der Waals surface area contributed by atoms with Crippen molar-refractivity contribution in [3.8, 4) is 5.69 Å². The molecule has 0 spiro atoms. The quantitative estimate of drug-likeness (QED) is 0.786. The molecule has 0 bridgehead atoms. The number of rotatable bonds is 6. The fourth-order valence-electron chi connectivity index (χ4n) is 2.02. The summed E-state index contributed by atoms with van der Waals surface area (Å²) in [7, 11) is 0. The van der Waals surface area contributed by atoms with E-state index >= 15 is 0 Å². The van der Waals surface area contributed by atoms with Crippen molar-refractivity contribution in [3.05, 3.63) is 54.4 Å². The molecule has 1 heterocycles. The molecule has 25 heavy (non-hydrogen) atoms. The molecule has 7 nitrogen and oxygen atoms in total. The van der Waals surface area contributed by atoms with Gasteiger partial charge < -0.3 is 14.6 Å². The van der Waals surface area contributed by atoms with Crippen LogP contribution in [0.25, 0.3) is 5.69 Å². The Kier molecular flexibility index (Phi) is 6.33. The molecule has 0 aliphatic rings. The molecule has 0 aliphatic carbocycles. The lowest BCUT2D eigenvalue weighted by molar-refractivity contribution is -0.123. The monoisotopic (exact) mass is 343 g/mol. The van der Waals surface area contributed by atoms with Crippen LogP contribution >= 0.6 is 0 Å². The van der Waals surface area contributed by atoms with Gasteiger partial charge in [-0.25, -0.2) is 9.59 Å². The zero-order chi connectivity index (χ0) is 18.2. The number of nitrogens with zero attached hydrogens (tertiary/aromatic N) is 1. The van der Waals surface area contributed by atoms with Crippen molar-refractivity contribution in [3.63, 3.8) is 0 Å². The number of esters is 1. The third kappa shape index (κ3) is 5.80. The molecule has 0 fully saturated rings. The lowest BCUT2D eigenvalue weighted by Crippen LogP contribution is -2.42. The van der Waals surface area contributed by atoms with E-state index in [2.05, 4.69) is 10.6 Å². The van der Waals surface area contributed by atoms with E-state index in [0.29, 0.717) is 12.1 Å². The van der Waals surface area contributed by atoms with Crippen LogP contribution in [0.3, 0.4) is 0 Å². The highest BCUT2D eigenvalue weighted by Gasteiger charge is 2.13. The van der Waals surface area contributed by atoms with E-state index in [-0.39, 0.29) is 5.92 Å². The maximum absolute atomic E-state index is 12.1. The predicted octanol–water partition coefficient (Wildman–Crippen LogP) is 2.12. The maximum atomic E-state index is 12.1. The molecule has 1 aromatic heterocycles. The van der Waals surface area contributed by atoms with E-state index < -0.39 is 24.5 Å². The molecule has 1 aromatic carbocycles. The van der Waals surface area contributed by atoms with Gasteiger partial charge in [0.2, 0.25) is 0 Å². The van der Waals surface area contributed by atoms with Gasteiger partial charge in [-0.15, -0.1) is 0 Å². The van der Waals surface area contributed by atoms with Gasteiger partial charge in [-0.2, -0.15) is 0 Å². The molecule has 0 unspecified atom stereocenters. The number of ether oxygens (including phenoxy) is 1. The molecule has 0 saturated heterocycles. The van der Waals surface area contributed by atoms with Crippen LogP contribution in [0.2, 0.25) is 0 Å². The summed E-state index contributed by atoms with van der Waals surface area (Å²) in [6.07, 6.45) is 3.71.